The van der Waals surface area contributed by atoms with Gasteiger partial charge in [0.2, 0.25) is 5.91 Å². The number of hydrogen-bond donors (Lipinski definition) is 2. The maximum atomic E-state index is 12.6. The maximum absolute atomic E-state index is 12.6. The Bertz CT molecular complexity index is 855. The summed E-state index contributed by atoms with van der Waals surface area (Å²) in [6, 6.07) is 6.08. The molecule has 142 valence electrons. The van der Waals surface area contributed by atoms with Crippen LogP contribution in [-0.4, -0.2) is 31.0 Å². The van der Waals surface area contributed by atoms with Gasteiger partial charge >= 0.3 is 0 Å². The second kappa shape index (κ2) is 7.02. The topological polar surface area (TPSA) is 87.6 Å². The number of nitrogens with zero attached hydrogens (tertiary/aromatic N) is 1. The Morgan fingerprint density at radius 3 is 2.65 bits per heavy atom. The lowest BCUT2D eigenvalue weighted by Gasteiger charge is -2.14. The molecule has 26 heavy (non-hydrogen) atoms. The molecule has 1 aliphatic carbocycles. The Morgan fingerprint density at radius 2 is 1.96 bits per heavy atom. The van der Waals surface area contributed by atoms with Gasteiger partial charge in [0, 0.05) is 18.7 Å². The summed E-state index contributed by atoms with van der Waals surface area (Å²) < 4.78 is 26.7. The van der Waals surface area contributed by atoms with Crippen LogP contribution in [0.15, 0.2) is 34.2 Å². The Balaban J connectivity index is 1.74. The zero-order valence-electron chi connectivity index (χ0n) is 14.4. The molecular formula is C17H21Cl2N3O3S. The molecule has 9 heteroatoms. The van der Waals surface area contributed by atoms with Crippen molar-refractivity contribution in [3.05, 3.63) is 24.3 Å². The molecule has 1 aromatic rings. The number of benzene rings is 1. The summed E-state index contributed by atoms with van der Waals surface area (Å²) in [5.74, 6) is 0.148. The molecule has 1 unspecified atom stereocenters. The van der Waals surface area contributed by atoms with Crippen LogP contribution in [0.1, 0.15) is 39.0 Å². The van der Waals surface area contributed by atoms with Crippen LogP contribution in [0.3, 0.4) is 0 Å². The Labute approximate surface area is 163 Å². The quantitative estimate of drug-likeness (QED) is 0.735. The third-order valence-corrected chi connectivity index (χ3v) is 7.27. The number of carbonyl (C=O) groups is 1. The van der Waals surface area contributed by atoms with Crippen LogP contribution >= 0.6 is 23.2 Å². The molecule has 3 rings (SSSR count). The van der Waals surface area contributed by atoms with Crippen molar-refractivity contribution in [2.75, 3.05) is 11.9 Å². The first-order valence-electron chi connectivity index (χ1n) is 8.50. The van der Waals surface area contributed by atoms with Crippen LogP contribution in [0.5, 0.6) is 0 Å². The van der Waals surface area contributed by atoms with Crippen molar-refractivity contribution in [1.29, 1.82) is 0 Å². The smallest absolute Gasteiger partial charge is 0.262 e. The number of amidine groups is 1. The lowest BCUT2D eigenvalue weighted by Crippen LogP contribution is -2.30. The van der Waals surface area contributed by atoms with Crippen LogP contribution < -0.4 is 10.0 Å². The van der Waals surface area contributed by atoms with Gasteiger partial charge in [0.15, 0.2) is 0 Å². The van der Waals surface area contributed by atoms with Crippen LogP contribution in [-0.2, 0) is 14.8 Å². The minimum absolute atomic E-state index is 0.0613. The van der Waals surface area contributed by atoms with Gasteiger partial charge in [-0.05, 0) is 44.4 Å². The fourth-order valence-corrected chi connectivity index (χ4v) is 4.67. The van der Waals surface area contributed by atoms with Crippen molar-refractivity contribution in [2.45, 2.75) is 48.3 Å². The van der Waals surface area contributed by atoms with Gasteiger partial charge < -0.3 is 5.32 Å². The number of nitrogens with one attached hydrogen (secondary N) is 2. The lowest BCUT2D eigenvalue weighted by atomic mass is 10.1. The minimum Gasteiger partial charge on any atom is -0.325 e. The second-order valence-corrected chi connectivity index (χ2v) is 10.1. The van der Waals surface area contributed by atoms with Gasteiger partial charge in [0.1, 0.15) is 10.2 Å². The number of halogens is 2. The Hall–Kier alpha value is -1.31. The van der Waals surface area contributed by atoms with E-state index in [1.807, 2.05) is 0 Å². The van der Waals surface area contributed by atoms with Crippen molar-refractivity contribution < 1.29 is 13.2 Å². The average Bonchev–Trinajstić information content (AvgIpc) is 3.19. The van der Waals surface area contributed by atoms with Crippen LogP contribution in [0.25, 0.3) is 0 Å². The Morgan fingerprint density at radius 1 is 1.23 bits per heavy atom. The van der Waals surface area contributed by atoms with Gasteiger partial charge in [0.05, 0.1) is 10.3 Å². The molecule has 1 aromatic carbocycles. The molecule has 0 radical (unpaired) electrons. The number of amides is 1. The van der Waals surface area contributed by atoms with E-state index >= 15 is 0 Å². The Kier molecular flexibility index (Phi) is 5.25. The molecule has 1 heterocycles. The van der Waals surface area contributed by atoms with Crippen molar-refractivity contribution >= 4 is 50.7 Å². The van der Waals surface area contributed by atoms with E-state index in [-0.39, 0.29) is 10.8 Å². The summed E-state index contributed by atoms with van der Waals surface area (Å²) in [6.07, 6.45) is 3.89. The zero-order chi connectivity index (χ0) is 19.0. The molecule has 1 atom stereocenters. The summed E-state index contributed by atoms with van der Waals surface area (Å²) in [5.41, 5.74) is -0.504. The SMILES string of the molecule is CC1(C(=O)Nc2cccc(S(=O)(=O)NC3=NCCCCC3)c2)CC1(Cl)Cl. The first kappa shape index (κ1) is 19.5. The van der Waals surface area contributed by atoms with Crippen molar-refractivity contribution in [2.24, 2.45) is 10.4 Å². The highest BCUT2D eigenvalue weighted by Gasteiger charge is 2.67. The molecule has 1 saturated carbocycles. The fraction of sp³-hybridized carbons (Fsp3) is 0.529. The molecule has 1 amide bonds. The average molecular weight is 418 g/mol. The van der Waals surface area contributed by atoms with E-state index in [9.17, 15) is 13.2 Å². The third kappa shape index (κ3) is 4.00. The zero-order valence-corrected chi connectivity index (χ0v) is 16.7. The molecule has 1 fully saturated rings. The van der Waals surface area contributed by atoms with E-state index < -0.39 is 19.8 Å². The summed E-state index contributed by atoms with van der Waals surface area (Å²) in [7, 11) is -3.76. The molecule has 2 N–H and O–H groups in total. The van der Waals surface area contributed by atoms with Crippen LogP contribution in [0.4, 0.5) is 5.69 Å². The molecule has 0 saturated heterocycles. The fourth-order valence-electron chi connectivity index (χ4n) is 2.83. The highest BCUT2D eigenvalue weighted by molar-refractivity contribution is 7.90. The predicted octanol–water partition coefficient (Wildman–Crippen LogP) is 3.46. The number of anilines is 1. The molecular weight excluding hydrogens is 397 g/mol. The van der Waals surface area contributed by atoms with Crippen molar-refractivity contribution in [1.82, 2.24) is 4.72 Å². The summed E-state index contributed by atoms with van der Waals surface area (Å²) >= 11 is 12.0. The van der Waals surface area contributed by atoms with Gasteiger partial charge in [-0.15, -0.1) is 23.2 Å². The monoisotopic (exact) mass is 417 g/mol. The minimum atomic E-state index is -3.76. The number of carbonyl (C=O) groups excluding carboxylic acids is 1. The lowest BCUT2D eigenvalue weighted by molar-refractivity contribution is -0.120. The third-order valence-electron chi connectivity index (χ3n) is 4.79. The van der Waals surface area contributed by atoms with Crippen molar-refractivity contribution in [3.63, 3.8) is 0 Å². The van der Waals surface area contributed by atoms with E-state index in [4.69, 9.17) is 23.2 Å². The molecule has 0 aromatic heterocycles. The van der Waals surface area contributed by atoms with Gasteiger partial charge in [-0.2, -0.15) is 0 Å². The first-order valence-corrected chi connectivity index (χ1v) is 10.7. The number of sulfonamides is 1. The van der Waals surface area contributed by atoms with E-state index in [2.05, 4.69) is 15.0 Å². The second-order valence-electron chi connectivity index (χ2n) is 6.94. The van der Waals surface area contributed by atoms with Crippen LogP contribution in [0, 0.1) is 5.41 Å². The highest BCUT2D eigenvalue weighted by Crippen LogP contribution is 2.64. The van der Waals surface area contributed by atoms with E-state index in [1.54, 1.807) is 19.1 Å². The predicted molar refractivity (Wildman–Crippen MR) is 103 cm³/mol. The number of alkyl halides is 2. The van der Waals surface area contributed by atoms with Gasteiger partial charge in [-0.25, -0.2) is 8.42 Å². The molecule has 6 nitrogen and oxygen atoms in total. The van der Waals surface area contributed by atoms with E-state index in [0.29, 0.717) is 30.9 Å². The van der Waals surface area contributed by atoms with Gasteiger partial charge in [-0.1, -0.05) is 12.5 Å². The molecule has 2 aliphatic rings. The van der Waals surface area contributed by atoms with E-state index in [0.717, 1.165) is 19.3 Å². The summed E-state index contributed by atoms with van der Waals surface area (Å²) in [5, 5.41) is 2.70. The maximum Gasteiger partial charge on any atom is 0.262 e. The van der Waals surface area contributed by atoms with Crippen LogP contribution in [0.2, 0.25) is 0 Å². The first-order chi connectivity index (χ1) is 12.1. The van der Waals surface area contributed by atoms with Crippen molar-refractivity contribution in [3.8, 4) is 0 Å². The summed E-state index contributed by atoms with van der Waals surface area (Å²) in [6.45, 7) is 2.31. The number of hydrogen-bond acceptors (Lipinski definition) is 4. The molecule has 1 aliphatic heterocycles. The summed E-state index contributed by atoms with van der Waals surface area (Å²) in [4.78, 5) is 16.7. The number of aliphatic imine (C=N–C) groups is 1. The number of rotatable bonds is 4. The van der Waals surface area contributed by atoms with Gasteiger partial charge in [0.25, 0.3) is 10.0 Å². The molecule has 0 bridgehead atoms. The standard InChI is InChI=1S/C17H21Cl2N3O3S/c1-16(11-17(16,18)19)15(23)21-12-6-5-7-13(10-12)26(24,25)22-14-8-3-2-4-9-20-14/h5-7,10H,2-4,8-9,11H2,1H3,(H,20,22)(H,21,23). The molecule has 0 spiro atoms. The van der Waals surface area contributed by atoms with E-state index in [1.165, 1.54) is 12.1 Å². The van der Waals surface area contributed by atoms with Gasteiger partial charge in [-0.3, -0.25) is 14.5 Å². The highest BCUT2D eigenvalue weighted by atomic mass is 35.5. The normalized spacial score (nSPS) is 25.0. The largest absolute Gasteiger partial charge is 0.325 e.